The summed E-state index contributed by atoms with van der Waals surface area (Å²) in [5, 5.41) is 0. The van der Waals surface area contributed by atoms with Crippen molar-refractivity contribution < 1.29 is 0 Å². The molecule has 3 aromatic rings. The van der Waals surface area contributed by atoms with Crippen molar-refractivity contribution in [3.8, 4) is 0 Å². The van der Waals surface area contributed by atoms with Crippen molar-refractivity contribution in [3.63, 3.8) is 0 Å². The van der Waals surface area contributed by atoms with E-state index in [9.17, 15) is 0 Å². The van der Waals surface area contributed by atoms with E-state index in [-0.39, 0.29) is 0 Å². The van der Waals surface area contributed by atoms with Crippen LogP contribution in [0.25, 0.3) is 0 Å². The monoisotopic (exact) mass is 413 g/mol. The predicted octanol–water partition coefficient (Wildman–Crippen LogP) is 6.86. The van der Waals surface area contributed by atoms with Crippen LogP contribution in [0.5, 0.6) is 0 Å². The van der Waals surface area contributed by atoms with E-state index in [1.165, 1.54) is 16.9 Å². The molecule has 0 amide bonds. The Kier molecular flexibility index (Phi) is 7.88. The van der Waals surface area contributed by atoms with Gasteiger partial charge in [-0.2, -0.15) is 0 Å². The summed E-state index contributed by atoms with van der Waals surface area (Å²) in [6.45, 7) is 14.9. The second kappa shape index (κ2) is 10.8. The Balaban J connectivity index is 2.02. The molecule has 162 valence electrons. The van der Waals surface area contributed by atoms with Gasteiger partial charge in [-0.25, -0.2) is 4.99 Å². The minimum absolute atomic E-state index is 0.973. The zero-order valence-corrected chi connectivity index (χ0v) is 19.6. The largest absolute Gasteiger partial charge is 0.372 e. The maximum Gasteiger partial charge on any atom is 0.0781 e. The van der Waals surface area contributed by atoms with Crippen LogP contribution < -0.4 is 9.80 Å². The summed E-state index contributed by atoms with van der Waals surface area (Å²) in [7, 11) is 0. The molecule has 0 saturated carbocycles. The van der Waals surface area contributed by atoms with Crippen LogP contribution in [0, 0.1) is 6.92 Å². The van der Waals surface area contributed by atoms with Crippen LogP contribution in [0.1, 0.15) is 44.4 Å². The highest BCUT2D eigenvalue weighted by Gasteiger charge is 2.11. The molecule has 0 aromatic heterocycles. The van der Waals surface area contributed by atoms with Gasteiger partial charge in [-0.05, 0) is 71.0 Å². The fraction of sp³-hybridized carbons (Fsp3) is 0.321. The number of benzene rings is 3. The quantitative estimate of drug-likeness (QED) is 0.357. The van der Waals surface area contributed by atoms with Crippen LogP contribution >= 0.6 is 0 Å². The number of hydrogen-bond donors (Lipinski definition) is 0. The second-order valence-corrected chi connectivity index (χ2v) is 7.73. The number of hydrogen-bond acceptors (Lipinski definition) is 3. The zero-order chi connectivity index (χ0) is 22.2. The molecule has 3 rings (SSSR count). The van der Waals surface area contributed by atoms with Crippen molar-refractivity contribution in [2.75, 3.05) is 36.0 Å². The molecule has 0 heterocycles. The van der Waals surface area contributed by atoms with E-state index in [0.717, 1.165) is 48.7 Å². The third-order valence-corrected chi connectivity index (χ3v) is 5.81. The molecule has 0 aliphatic rings. The molecule has 0 saturated heterocycles. The Labute approximate surface area is 188 Å². The van der Waals surface area contributed by atoms with Gasteiger partial charge in [0.25, 0.3) is 0 Å². The molecule has 0 aliphatic carbocycles. The molecule has 0 bridgehead atoms. The first kappa shape index (κ1) is 22.6. The lowest BCUT2D eigenvalue weighted by Gasteiger charge is -2.22. The van der Waals surface area contributed by atoms with E-state index in [4.69, 9.17) is 4.99 Å². The summed E-state index contributed by atoms with van der Waals surface area (Å²) < 4.78 is 0. The summed E-state index contributed by atoms with van der Waals surface area (Å²) in [6.07, 6.45) is 0. The SMILES string of the molecule is CCN(CC)c1ccc(C(=Nc2ccc(C)cc2)c2ccc(N(CC)CC)cc2)cc1. The van der Waals surface area contributed by atoms with Crippen molar-refractivity contribution >= 4 is 22.8 Å². The first-order chi connectivity index (χ1) is 15.1. The van der Waals surface area contributed by atoms with Crippen LogP contribution in [0.15, 0.2) is 77.8 Å². The van der Waals surface area contributed by atoms with E-state index >= 15 is 0 Å². The Hall–Kier alpha value is -3.07. The van der Waals surface area contributed by atoms with Crippen molar-refractivity contribution in [2.45, 2.75) is 34.6 Å². The highest BCUT2D eigenvalue weighted by Crippen LogP contribution is 2.23. The van der Waals surface area contributed by atoms with Gasteiger partial charge >= 0.3 is 0 Å². The lowest BCUT2D eigenvalue weighted by Crippen LogP contribution is -2.22. The normalized spacial score (nSPS) is 10.6. The molecule has 3 heteroatoms. The average Bonchev–Trinajstić information content (AvgIpc) is 2.81. The van der Waals surface area contributed by atoms with Gasteiger partial charge in [-0.3, -0.25) is 0 Å². The second-order valence-electron chi connectivity index (χ2n) is 7.73. The molecule has 0 fully saturated rings. The number of rotatable bonds is 9. The van der Waals surface area contributed by atoms with Crippen molar-refractivity contribution in [1.29, 1.82) is 0 Å². The van der Waals surface area contributed by atoms with Gasteiger partial charge in [-0.1, -0.05) is 42.0 Å². The molecule has 0 radical (unpaired) electrons. The third kappa shape index (κ3) is 5.55. The van der Waals surface area contributed by atoms with Gasteiger partial charge in [0, 0.05) is 48.7 Å². The van der Waals surface area contributed by atoms with E-state index in [2.05, 4.69) is 117 Å². The topological polar surface area (TPSA) is 18.8 Å². The number of aliphatic imine (C=N–C) groups is 1. The fourth-order valence-corrected chi connectivity index (χ4v) is 3.88. The van der Waals surface area contributed by atoms with Crippen LogP contribution in [0.4, 0.5) is 17.1 Å². The van der Waals surface area contributed by atoms with Crippen molar-refractivity contribution in [2.24, 2.45) is 4.99 Å². The van der Waals surface area contributed by atoms with E-state index in [1.54, 1.807) is 0 Å². The minimum atomic E-state index is 0.973. The first-order valence-corrected chi connectivity index (χ1v) is 11.5. The maximum atomic E-state index is 5.06. The molecule has 0 N–H and O–H groups in total. The van der Waals surface area contributed by atoms with E-state index < -0.39 is 0 Å². The number of nitrogens with zero attached hydrogens (tertiary/aromatic N) is 3. The van der Waals surface area contributed by atoms with Gasteiger partial charge in [-0.15, -0.1) is 0 Å². The van der Waals surface area contributed by atoms with Crippen LogP contribution in [-0.4, -0.2) is 31.9 Å². The Morgan fingerprint density at radius 3 is 1.32 bits per heavy atom. The predicted molar refractivity (Wildman–Crippen MR) is 136 cm³/mol. The lowest BCUT2D eigenvalue weighted by atomic mass is 10.0. The van der Waals surface area contributed by atoms with Gasteiger partial charge in [0.15, 0.2) is 0 Å². The summed E-state index contributed by atoms with van der Waals surface area (Å²) >= 11 is 0. The van der Waals surface area contributed by atoms with Crippen molar-refractivity contribution in [1.82, 2.24) is 0 Å². The van der Waals surface area contributed by atoms with Gasteiger partial charge in [0.2, 0.25) is 0 Å². The summed E-state index contributed by atoms with van der Waals surface area (Å²) in [4.78, 5) is 9.78. The van der Waals surface area contributed by atoms with Crippen LogP contribution in [0.3, 0.4) is 0 Å². The van der Waals surface area contributed by atoms with E-state index in [0.29, 0.717) is 0 Å². The fourth-order valence-electron chi connectivity index (χ4n) is 3.88. The summed E-state index contributed by atoms with van der Waals surface area (Å²) in [5.74, 6) is 0. The standard InChI is InChI=1S/C28H35N3/c1-6-30(7-2)26-18-12-23(13-19-26)28(29-25-16-10-22(5)11-17-25)24-14-20-27(21-15-24)31(8-3)9-4/h10-21H,6-9H2,1-5H3. The maximum absolute atomic E-state index is 5.06. The van der Waals surface area contributed by atoms with E-state index in [1.807, 2.05) is 0 Å². The molecule has 0 unspecified atom stereocenters. The van der Waals surface area contributed by atoms with Gasteiger partial charge < -0.3 is 9.80 Å². The molecule has 0 spiro atoms. The summed E-state index contributed by atoms with van der Waals surface area (Å²) in [6, 6.07) is 26.0. The lowest BCUT2D eigenvalue weighted by molar-refractivity contribution is 0.866. The van der Waals surface area contributed by atoms with Gasteiger partial charge in [0.05, 0.1) is 11.4 Å². The molecular weight excluding hydrogens is 378 g/mol. The summed E-state index contributed by atoms with van der Waals surface area (Å²) in [5.41, 5.74) is 7.98. The third-order valence-electron chi connectivity index (χ3n) is 5.81. The molecule has 0 atom stereocenters. The molecule has 0 aliphatic heterocycles. The molecule has 3 aromatic carbocycles. The number of anilines is 2. The Bertz CT molecular complexity index is 905. The average molecular weight is 414 g/mol. The Morgan fingerprint density at radius 1 is 0.581 bits per heavy atom. The molecule has 3 nitrogen and oxygen atoms in total. The zero-order valence-electron chi connectivity index (χ0n) is 19.6. The molecule has 31 heavy (non-hydrogen) atoms. The van der Waals surface area contributed by atoms with Crippen molar-refractivity contribution in [3.05, 3.63) is 89.5 Å². The highest BCUT2D eigenvalue weighted by molar-refractivity contribution is 6.14. The van der Waals surface area contributed by atoms with Crippen LogP contribution in [-0.2, 0) is 0 Å². The van der Waals surface area contributed by atoms with Gasteiger partial charge in [0.1, 0.15) is 0 Å². The number of aryl methyl sites for hydroxylation is 1. The smallest absolute Gasteiger partial charge is 0.0781 e. The molecular formula is C28H35N3. The highest BCUT2D eigenvalue weighted by atomic mass is 15.1. The Morgan fingerprint density at radius 2 is 0.968 bits per heavy atom. The van der Waals surface area contributed by atoms with Crippen LogP contribution in [0.2, 0.25) is 0 Å². The minimum Gasteiger partial charge on any atom is -0.372 e. The first-order valence-electron chi connectivity index (χ1n) is 11.5.